The minimum atomic E-state index is -0.252. The Morgan fingerprint density at radius 3 is 2.32 bits per heavy atom. The van der Waals surface area contributed by atoms with Gasteiger partial charge in [0, 0.05) is 73.6 Å². The van der Waals surface area contributed by atoms with Crippen molar-refractivity contribution in [2.75, 3.05) is 31.1 Å². The summed E-state index contributed by atoms with van der Waals surface area (Å²) in [6.07, 6.45) is 15.5. The van der Waals surface area contributed by atoms with Crippen LogP contribution in [0.1, 0.15) is 112 Å². The number of H-pyrrole nitrogens is 1. The Morgan fingerprint density at radius 1 is 0.962 bits per heavy atom. The number of hydrogen-bond donors (Lipinski definition) is 2. The van der Waals surface area contributed by atoms with Crippen molar-refractivity contribution < 1.29 is 9.59 Å². The average Bonchev–Trinajstić information content (AvgIpc) is 3.57. The van der Waals surface area contributed by atoms with Crippen molar-refractivity contribution in [3.63, 3.8) is 0 Å². The Labute approximate surface area is 312 Å². The first-order chi connectivity index (χ1) is 25.6. The molecule has 10 heteroatoms. The zero-order valence-corrected chi connectivity index (χ0v) is 31.9. The first-order valence-electron chi connectivity index (χ1n) is 20.1. The van der Waals surface area contributed by atoms with Crippen molar-refractivity contribution >= 4 is 28.5 Å². The molecule has 1 aliphatic heterocycles. The number of rotatable bonds is 11. The van der Waals surface area contributed by atoms with Crippen LogP contribution >= 0.6 is 0 Å². The van der Waals surface area contributed by atoms with E-state index >= 15 is 0 Å². The van der Waals surface area contributed by atoms with E-state index in [9.17, 15) is 14.4 Å². The van der Waals surface area contributed by atoms with E-state index < -0.39 is 0 Å². The van der Waals surface area contributed by atoms with Crippen LogP contribution in [0.2, 0.25) is 0 Å². The number of pyridine rings is 2. The molecule has 5 aliphatic rings. The van der Waals surface area contributed by atoms with Crippen LogP contribution in [-0.4, -0.2) is 62.6 Å². The lowest BCUT2D eigenvalue weighted by Gasteiger charge is -2.57. The topological polar surface area (TPSA) is 116 Å². The van der Waals surface area contributed by atoms with Gasteiger partial charge in [-0.1, -0.05) is 13.3 Å². The van der Waals surface area contributed by atoms with Gasteiger partial charge in [-0.3, -0.25) is 19.1 Å². The van der Waals surface area contributed by atoms with Crippen LogP contribution in [0.15, 0.2) is 47.5 Å². The number of amides is 2. The van der Waals surface area contributed by atoms with Crippen LogP contribution in [0.25, 0.3) is 22.0 Å². The molecule has 9 rings (SSSR count). The van der Waals surface area contributed by atoms with Crippen LogP contribution in [-0.2, 0) is 17.8 Å². The van der Waals surface area contributed by atoms with E-state index in [1.807, 2.05) is 36.0 Å². The number of piperazine rings is 1. The molecule has 2 amide bonds. The summed E-state index contributed by atoms with van der Waals surface area (Å²) in [7, 11) is 0. The fraction of sp³-hybridized carbons (Fsp3) is 0.558. The minimum Gasteiger partial charge on any atom is -0.353 e. The monoisotopic (exact) mass is 717 g/mol. The van der Waals surface area contributed by atoms with E-state index in [1.165, 1.54) is 38.5 Å². The van der Waals surface area contributed by atoms with Gasteiger partial charge in [0.25, 0.3) is 11.5 Å². The number of nitrogens with zero attached hydrogens (tertiary/aromatic N) is 5. The SMILES string of the molecule is CCCc1cc(C)[nH]c(=O)c1CNC(=O)c1cc(-c2ccc(N3CCN(C(=O)CCC45CC6CC(CC(C6)C4)C5)CC3)nc2)cc2c1cnn2C(C)C. The molecule has 53 heavy (non-hydrogen) atoms. The fourth-order valence-electron chi connectivity index (χ4n) is 10.7. The van der Waals surface area contributed by atoms with E-state index in [-0.39, 0.29) is 24.1 Å². The molecule has 0 unspecified atom stereocenters. The Morgan fingerprint density at radius 2 is 1.68 bits per heavy atom. The van der Waals surface area contributed by atoms with Gasteiger partial charge in [0.1, 0.15) is 5.82 Å². The lowest BCUT2D eigenvalue weighted by molar-refractivity contribution is -0.133. The number of aryl methyl sites for hydroxylation is 2. The summed E-state index contributed by atoms with van der Waals surface area (Å²) < 4.78 is 1.94. The standard InChI is InChI=1S/C43H55N7O3/c1-5-6-32-15-28(4)47-42(53)36(32)25-45-41(52)35-19-34(20-38-37(35)26-46-50(38)27(2)3)33-7-8-39(44-24-33)48-11-13-49(14-12-48)40(51)9-10-43-21-29-16-30(22-43)18-31(17-29)23-43/h7-8,15,19-20,24,26-27,29-31H,5-6,9-14,16-18,21-23,25H2,1-4H3,(H,45,52)(H,47,53). The first kappa shape index (κ1) is 35.6. The first-order valence-corrected chi connectivity index (χ1v) is 20.1. The Balaban J connectivity index is 0.940. The molecule has 5 fully saturated rings. The van der Waals surface area contributed by atoms with Crippen LogP contribution in [0.5, 0.6) is 0 Å². The molecule has 3 aromatic heterocycles. The summed E-state index contributed by atoms with van der Waals surface area (Å²) in [5.41, 5.74) is 5.82. The molecule has 2 N–H and O–H groups in total. The molecule has 4 saturated carbocycles. The number of carbonyl (C=O) groups excluding carboxylic acids is 2. The van der Waals surface area contributed by atoms with E-state index in [0.29, 0.717) is 28.9 Å². The summed E-state index contributed by atoms with van der Waals surface area (Å²) in [6.45, 7) is 11.2. The zero-order valence-electron chi connectivity index (χ0n) is 31.9. The molecule has 4 heterocycles. The average molecular weight is 718 g/mol. The highest BCUT2D eigenvalue weighted by atomic mass is 16.2. The second-order valence-corrected chi connectivity index (χ2v) is 17.0. The van der Waals surface area contributed by atoms with E-state index in [1.54, 1.807) is 6.20 Å². The quantitative estimate of drug-likeness (QED) is 0.170. The number of fused-ring (bicyclic) bond motifs is 1. The number of aromatic nitrogens is 4. The number of benzene rings is 1. The van der Waals surface area contributed by atoms with Crippen molar-refractivity contribution in [3.05, 3.63) is 75.5 Å². The Hall–Kier alpha value is -4.47. The van der Waals surface area contributed by atoms with Gasteiger partial charge < -0.3 is 20.1 Å². The molecule has 1 saturated heterocycles. The molecule has 0 spiro atoms. The van der Waals surface area contributed by atoms with Crippen molar-refractivity contribution in [1.29, 1.82) is 0 Å². The molecule has 4 bridgehead atoms. The van der Waals surface area contributed by atoms with Crippen molar-refractivity contribution in [2.24, 2.45) is 23.2 Å². The molecule has 10 nitrogen and oxygen atoms in total. The number of nitrogens with one attached hydrogen (secondary N) is 2. The van der Waals surface area contributed by atoms with Gasteiger partial charge in [-0.05, 0) is 137 Å². The molecular weight excluding hydrogens is 663 g/mol. The number of hydrogen-bond acceptors (Lipinski definition) is 6. The minimum absolute atomic E-state index is 0.101. The fourth-order valence-corrected chi connectivity index (χ4v) is 10.7. The number of aromatic amines is 1. The van der Waals surface area contributed by atoms with E-state index in [0.717, 1.165) is 102 Å². The van der Waals surface area contributed by atoms with E-state index in [2.05, 4.69) is 58.1 Å². The molecule has 280 valence electrons. The third kappa shape index (κ3) is 7.13. The van der Waals surface area contributed by atoms with Gasteiger partial charge in [-0.25, -0.2) is 4.98 Å². The normalized spacial score (nSPS) is 23.7. The van der Waals surface area contributed by atoms with Gasteiger partial charge >= 0.3 is 0 Å². The van der Waals surface area contributed by atoms with Crippen LogP contribution in [0.3, 0.4) is 0 Å². The van der Waals surface area contributed by atoms with Crippen molar-refractivity contribution in [1.82, 2.24) is 30.0 Å². The Kier molecular flexibility index (Phi) is 9.66. The van der Waals surface area contributed by atoms with Crippen LogP contribution in [0, 0.1) is 30.1 Å². The highest BCUT2D eigenvalue weighted by Crippen LogP contribution is 2.61. The van der Waals surface area contributed by atoms with Gasteiger partial charge in [-0.15, -0.1) is 0 Å². The third-order valence-electron chi connectivity index (χ3n) is 12.8. The molecule has 0 radical (unpaired) electrons. The largest absolute Gasteiger partial charge is 0.353 e. The Bertz CT molecular complexity index is 2020. The van der Waals surface area contributed by atoms with Crippen LogP contribution < -0.4 is 15.8 Å². The van der Waals surface area contributed by atoms with Gasteiger partial charge in [0.05, 0.1) is 17.3 Å². The maximum Gasteiger partial charge on any atom is 0.253 e. The number of anilines is 1. The summed E-state index contributed by atoms with van der Waals surface area (Å²) in [5, 5.41) is 8.43. The predicted octanol–water partition coefficient (Wildman–Crippen LogP) is 7.20. The zero-order chi connectivity index (χ0) is 36.9. The maximum atomic E-state index is 13.8. The molecule has 1 aromatic carbocycles. The maximum absolute atomic E-state index is 13.8. The second-order valence-electron chi connectivity index (χ2n) is 17.0. The second kappa shape index (κ2) is 14.4. The third-order valence-corrected chi connectivity index (χ3v) is 12.8. The van der Waals surface area contributed by atoms with Crippen LogP contribution in [0.4, 0.5) is 5.82 Å². The highest BCUT2D eigenvalue weighted by molar-refractivity contribution is 6.08. The highest BCUT2D eigenvalue weighted by Gasteiger charge is 2.50. The summed E-state index contributed by atoms with van der Waals surface area (Å²) in [6, 6.07) is 10.2. The summed E-state index contributed by atoms with van der Waals surface area (Å²) in [4.78, 5) is 52.2. The molecule has 4 aromatic rings. The smallest absolute Gasteiger partial charge is 0.253 e. The lowest BCUT2D eigenvalue weighted by atomic mass is 9.48. The van der Waals surface area contributed by atoms with Gasteiger partial charge in [0.2, 0.25) is 5.91 Å². The number of carbonyl (C=O) groups is 2. The van der Waals surface area contributed by atoms with Gasteiger partial charge in [-0.2, -0.15) is 5.10 Å². The predicted molar refractivity (Wildman–Crippen MR) is 209 cm³/mol. The summed E-state index contributed by atoms with van der Waals surface area (Å²) in [5.74, 6) is 3.74. The molecular formula is C43H55N7O3. The van der Waals surface area contributed by atoms with Crippen molar-refractivity contribution in [3.8, 4) is 11.1 Å². The lowest BCUT2D eigenvalue weighted by Crippen LogP contribution is -2.50. The molecule has 4 aliphatic carbocycles. The summed E-state index contributed by atoms with van der Waals surface area (Å²) >= 11 is 0. The van der Waals surface area contributed by atoms with Crippen molar-refractivity contribution in [2.45, 2.75) is 104 Å². The molecule has 0 atom stereocenters. The van der Waals surface area contributed by atoms with E-state index in [4.69, 9.17) is 4.98 Å². The van der Waals surface area contributed by atoms with Gasteiger partial charge in [0.15, 0.2) is 0 Å².